The minimum Gasteiger partial charge on any atom is -0.493 e. The van der Waals surface area contributed by atoms with E-state index >= 15 is 0 Å². The Morgan fingerprint density at radius 3 is 2.58 bits per heavy atom. The largest absolute Gasteiger partial charge is 0.493 e. The van der Waals surface area contributed by atoms with Crippen LogP contribution in [0.3, 0.4) is 0 Å². The number of nitro groups is 1. The molecule has 1 aromatic heterocycles. The van der Waals surface area contributed by atoms with Crippen LogP contribution in [0.5, 0.6) is 5.88 Å². The number of nitrogens with zero attached hydrogens (tertiary/aromatic N) is 3. The molecule has 1 aliphatic heterocycles. The number of aromatic nitrogens is 2. The van der Waals surface area contributed by atoms with E-state index in [0.717, 1.165) is 0 Å². The van der Waals surface area contributed by atoms with Gasteiger partial charge in [-0.3, -0.25) is 14.7 Å². The molecule has 2 N–H and O–H groups in total. The third-order valence-corrected chi connectivity index (χ3v) is 5.63. The summed E-state index contributed by atoms with van der Waals surface area (Å²) >= 11 is 0. The lowest BCUT2D eigenvalue weighted by Gasteiger charge is -2.18. The summed E-state index contributed by atoms with van der Waals surface area (Å²) in [5.74, 6) is -0.193. The van der Waals surface area contributed by atoms with Crippen LogP contribution in [0, 0.1) is 10.1 Å². The zero-order valence-corrected chi connectivity index (χ0v) is 13.6. The van der Waals surface area contributed by atoms with Crippen LogP contribution >= 0.6 is 0 Å². The molecule has 3 aromatic rings. The number of hydrogen-bond donors (Lipinski definition) is 2. The zero-order chi connectivity index (χ0) is 18.2. The first-order valence-corrected chi connectivity index (χ1v) is 8.39. The average molecular weight is 353 g/mol. The Kier molecular flexibility index (Phi) is 2.88. The van der Waals surface area contributed by atoms with E-state index in [1.807, 2.05) is 0 Å². The van der Waals surface area contributed by atoms with E-state index in [9.17, 15) is 25.1 Å². The summed E-state index contributed by atoms with van der Waals surface area (Å²) in [4.78, 5) is 23.8. The molecule has 2 aromatic carbocycles. The van der Waals surface area contributed by atoms with Crippen molar-refractivity contribution in [2.45, 2.75) is 30.9 Å². The maximum atomic E-state index is 13.0. The quantitative estimate of drug-likeness (QED) is 0.542. The Morgan fingerprint density at radius 1 is 1.12 bits per heavy atom. The Hall–Kier alpha value is -3.13. The number of non-ortho nitro benzene ring substituents is 1. The SMILES string of the molecule is O=c1n(-c2ccc([N+](=O)[O-])c3ccccc23)c(O)c2n1[C@@H]1C[C@H]2C[C@H]1O. The van der Waals surface area contributed by atoms with Gasteiger partial charge in [0.05, 0.1) is 33.8 Å². The highest BCUT2D eigenvalue weighted by molar-refractivity contribution is 5.97. The molecule has 1 aliphatic carbocycles. The molecule has 0 saturated heterocycles. The van der Waals surface area contributed by atoms with Gasteiger partial charge in [0.2, 0.25) is 5.88 Å². The Morgan fingerprint density at radius 2 is 1.85 bits per heavy atom. The van der Waals surface area contributed by atoms with Crippen LogP contribution in [0.4, 0.5) is 5.69 Å². The lowest BCUT2D eigenvalue weighted by molar-refractivity contribution is -0.383. The van der Waals surface area contributed by atoms with Crippen molar-refractivity contribution in [1.82, 2.24) is 9.13 Å². The fraction of sp³-hybridized carbons (Fsp3) is 0.278. The molecule has 5 rings (SSSR count). The number of rotatable bonds is 2. The molecule has 26 heavy (non-hydrogen) atoms. The minimum absolute atomic E-state index is 0.0479. The van der Waals surface area contributed by atoms with E-state index in [0.29, 0.717) is 35.0 Å². The van der Waals surface area contributed by atoms with E-state index in [-0.39, 0.29) is 23.5 Å². The van der Waals surface area contributed by atoms with Crippen molar-refractivity contribution >= 4 is 16.5 Å². The van der Waals surface area contributed by atoms with Crippen LogP contribution in [0.15, 0.2) is 41.2 Å². The Balaban J connectivity index is 1.82. The molecular formula is C18H15N3O5. The zero-order valence-electron chi connectivity index (χ0n) is 13.6. The molecule has 0 amide bonds. The van der Waals surface area contributed by atoms with E-state index in [1.54, 1.807) is 24.3 Å². The number of fused-ring (bicyclic) bond motifs is 6. The first-order chi connectivity index (χ1) is 12.5. The van der Waals surface area contributed by atoms with Crippen molar-refractivity contribution in [3.05, 3.63) is 62.7 Å². The topological polar surface area (TPSA) is 111 Å². The van der Waals surface area contributed by atoms with Gasteiger partial charge in [-0.05, 0) is 25.0 Å². The maximum Gasteiger partial charge on any atom is 0.336 e. The van der Waals surface area contributed by atoms with Crippen LogP contribution in [0.1, 0.15) is 30.5 Å². The number of aliphatic hydroxyl groups excluding tert-OH is 1. The lowest BCUT2D eigenvalue weighted by atomic mass is 10.0. The molecular weight excluding hydrogens is 338 g/mol. The fourth-order valence-electron chi connectivity index (χ4n) is 4.56. The van der Waals surface area contributed by atoms with Crippen LogP contribution < -0.4 is 5.69 Å². The number of hydrogen-bond acceptors (Lipinski definition) is 5. The summed E-state index contributed by atoms with van der Waals surface area (Å²) < 4.78 is 2.67. The van der Waals surface area contributed by atoms with Crippen LogP contribution in [-0.4, -0.2) is 30.4 Å². The van der Waals surface area contributed by atoms with E-state index < -0.39 is 16.7 Å². The standard InChI is InChI=1S/C18H15N3O5/c22-15-8-9-7-14(15)19-16(9)17(23)20(18(19)24)12-5-6-13(21(25)26)11-4-2-1-3-10(11)12/h1-6,9,14-15,22-23H,7-8H2/t9-,14+,15+/m0/s1. The molecule has 132 valence electrons. The van der Waals surface area contributed by atoms with Crippen molar-refractivity contribution in [2.75, 3.05) is 0 Å². The summed E-state index contributed by atoms with van der Waals surface area (Å²) in [6, 6.07) is 9.24. The second-order valence-corrected chi connectivity index (χ2v) is 6.91. The van der Waals surface area contributed by atoms with Gasteiger partial charge in [-0.15, -0.1) is 0 Å². The van der Waals surface area contributed by atoms with Gasteiger partial charge in [-0.25, -0.2) is 9.36 Å². The highest BCUT2D eigenvalue weighted by Gasteiger charge is 2.47. The van der Waals surface area contributed by atoms with Crippen LogP contribution in [-0.2, 0) is 0 Å². The number of nitro benzene ring substituents is 1. The highest BCUT2D eigenvalue weighted by Crippen LogP contribution is 2.51. The summed E-state index contributed by atoms with van der Waals surface area (Å²) in [6.45, 7) is 0. The van der Waals surface area contributed by atoms with Crippen LogP contribution in [0.2, 0.25) is 0 Å². The highest BCUT2D eigenvalue weighted by atomic mass is 16.6. The molecule has 0 radical (unpaired) electrons. The smallest absolute Gasteiger partial charge is 0.336 e. The molecule has 2 heterocycles. The van der Waals surface area contributed by atoms with Gasteiger partial charge in [0.25, 0.3) is 5.69 Å². The normalized spacial score (nSPS) is 23.5. The van der Waals surface area contributed by atoms with Gasteiger partial charge in [0.15, 0.2) is 0 Å². The molecule has 2 bridgehead atoms. The predicted molar refractivity (Wildman–Crippen MR) is 92.9 cm³/mol. The lowest BCUT2D eigenvalue weighted by Crippen LogP contribution is -2.31. The molecule has 0 spiro atoms. The van der Waals surface area contributed by atoms with E-state index in [2.05, 4.69) is 0 Å². The van der Waals surface area contributed by atoms with Gasteiger partial charge in [0, 0.05) is 17.4 Å². The van der Waals surface area contributed by atoms with Gasteiger partial charge in [-0.1, -0.05) is 18.2 Å². The number of aliphatic hydroxyl groups is 1. The minimum atomic E-state index is -0.589. The van der Waals surface area contributed by atoms with Crippen molar-refractivity contribution in [1.29, 1.82) is 0 Å². The van der Waals surface area contributed by atoms with Crippen LogP contribution in [0.25, 0.3) is 16.5 Å². The first kappa shape index (κ1) is 15.2. The van der Waals surface area contributed by atoms with Crippen molar-refractivity contribution in [3.8, 4) is 11.6 Å². The monoisotopic (exact) mass is 353 g/mol. The molecule has 8 nitrogen and oxygen atoms in total. The molecule has 0 unspecified atom stereocenters. The molecule has 2 aliphatic rings. The Labute approximate surface area is 146 Å². The van der Waals surface area contributed by atoms with E-state index in [1.165, 1.54) is 21.3 Å². The second-order valence-electron chi connectivity index (χ2n) is 6.91. The Bertz CT molecular complexity index is 1150. The van der Waals surface area contributed by atoms with E-state index in [4.69, 9.17) is 0 Å². The number of imidazole rings is 1. The van der Waals surface area contributed by atoms with Gasteiger partial charge in [-0.2, -0.15) is 0 Å². The van der Waals surface area contributed by atoms with Gasteiger partial charge < -0.3 is 10.2 Å². The van der Waals surface area contributed by atoms with Crippen molar-refractivity contribution < 1.29 is 15.1 Å². The molecule has 1 fully saturated rings. The second kappa shape index (κ2) is 4.95. The van der Waals surface area contributed by atoms with Crippen molar-refractivity contribution in [3.63, 3.8) is 0 Å². The third kappa shape index (κ3) is 1.74. The first-order valence-electron chi connectivity index (χ1n) is 8.39. The van der Waals surface area contributed by atoms with Crippen molar-refractivity contribution in [2.24, 2.45) is 0 Å². The number of aromatic hydroxyl groups is 1. The summed E-state index contributed by atoms with van der Waals surface area (Å²) in [6.07, 6.45) is 0.596. The fourth-order valence-corrected chi connectivity index (χ4v) is 4.56. The third-order valence-electron chi connectivity index (χ3n) is 5.63. The predicted octanol–water partition coefficient (Wildman–Crippen LogP) is 2.20. The number of benzene rings is 2. The molecule has 1 saturated carbocycles. The summed E-state index contributed by atoms with van der Waals surface area (Å²) in [5, 5.41) is 33.1. The maximum absolute atomic E-state index is 13.0. The average Bonchev–Trinajstić information content (AvgIpc) is 3.25. The van der Waals surface area contributed by atoms with Gasteiger partial charge >= 0.3 is 5.69 Å². The van der Waals surface area contributed by atoms with Gasteiger partial charge in [0.1, 0.15) is 0 Å². The summed E-state index contributed by atoms with van der Waals surface area (Å²) in [7, 11) is 0. The summed E-state index contributed by atoms with van der Waals surface area (Å²) in [5.41, 5.74) is 0.458. The molecule has 3 atom stereocenters. The molecule has 8 heteroatoms.